The molecule has 2 amide bonds. The van der Waals surface area contributed by atoms with Crippen molar-refractivity contribution in [2.24, 2.45) is 0 Å². The molecule has 1 N–H and O–H groups in total. The number of ether oxygens (including phenoxy) is 2. The molecule has 0 unspecified atom stereocenters. The van der Waals surface area contributed by atoms with Crippen molar-refractivity contribution in [3.8, 4) is 0 Å². The van der Waals surface area contributed by atoms with Crippen LogP contribution in [-0.2, 0) is 32.1 Å². The summed E-state index contributed by atoms with van der Waals surface area (Å²) in [4.78, 5) is 39.1. The molecule has 1 saturated heterocycles. The van der Waals surface area contributed by atoms with E-state index in [4.69, 9.17) is 21.1 Å². The van der Waals surface area contributed by atoms with Gasteiger partial charge in [-0.2, -0.15) is 0 Å². The molecule has 1 heterocycles. The van der Waals surface area contributed by atoms with E-state index in [1.54, 1.807) is 24.3 Å². The number of amides is 2. The number of rotatable bonds is 7. The number of nitrogens with zero attached hydrogens (tertiary/aromatic N) is 1. The quantitative estimate of drug-likeness (QED) is 0.662. The Hall–Kier alpha value is -3.06. The topological polar surface area (TPSA) is 84.9 Å². The molecule has 0 bridgehead atoms. The molecule has 164 valence electrons. The highest BCUT2D eigenvalue weighted by Gasteiger charge is 2.37. The largest absolute Gasteiger partial charge is 0.467 e. The van der Waals surface area contributed by atoms with Crippen molar-refractivity contribution in [1.29, 1.82) is 0 Å². The maximum atomic E-state index is 12.9. The monoisotopic (exact) mass is 444 g/mol. The van der Waals surface area contributed by atoms with Gasteiger partial charge >= 0.3 is 12.1 Å². The standard InChI is InChI=1S/C23H25ClN2O5/c1-30-22(28)19(14-16-9-11-18(24)12-10-16)25-21(27)20-8-5-13-26(20)23(29)31-15-17-6-3-2-4-7-17/h2-4,6-7,9-12,19-20H,5,8,13-15H2,1H3,(H,25,27)/t19-,20+/m0/s1. The molecule has 0 saturated carbocycles. The first-order chi connectivity index (χ1) is 15.0. The van der Waals surface area contributed by atoms with Crippen LogP contribution >= 0.6 is 11.6 Å². The van der Waals surface area contributed by atoms with Crippen LogP contribution in [0.1, 0.15) is 24.0 Å². The fourth-order valence-corrected chi connectivity index (χ4v) is 3.65. The van der Waals surface area contributed by atoms with E-state index >= 15 is 0 Å². The lowest BCUT2D eigenvalue weighted by molar-refractivity contribution is -0.145. The van der Waals surface area contributed by atoms with Crippen molar-refractivity contribution in [2.75, 3.05) is 13.7 Å². The highest BCUT2D eigenvalue weighted by molar-refractivity contribution is 6.30. The first-order valence-corrected chi connectivity index (χ1v) is 10.5. The van der Waals surface area contributed by atoms with Crippen LogP contribution in [0.5, 0.6) is 0 Å². The Kier molecular flexibility index (Phi) is 7.89. The number of halogens is 1. The molecule has 0 spiro atoms. The van der Waals surface area contributed by atoms with Crippen molar-refractivity contribution >= 4 is 29.6 Å². The number of nitrogens with one attached hydrogen (secondary N) is 1. The van der Waals surface area contributed by atoms with Gasteiger partial charge in [-0.15, -0.1) is 0 Å². The minimum Gasteiger partial charge on any atom is -0.467 e. The molecule has 8 heteroatoms. The predicted molar refractivity (Wildman–Crippen MR) is 115 cm³/mol. The van der Waals surface area contributed by atoms with E-state index in [1.165, 1.54) is 12.0 Å². The van der Waals surface area contributed by atoms with Gasteiger partial charge in [-0.1, -0.05) is 54.1 Å². The van der Waals surface area contributed by atoms with E-state index in [1.807, 2.05) is 30.3 Å². The number of hydrogen-bond acceptors (Lipinski definition) is 5. The summed E-state index contributed by atoms with van der Waals surface area (Å²) in [5.41, 5.74) is 1.69. The van der Waals surface area contributed by atoms with Crippen LogP contribution in [0.25, 0.3) is 0 Å². The molecule has 3 rings (SSSR count). The normalized spacial score (nSPS) is 16.5. The van der Waals surface area contributed by atoms with Crippen LogP contribution in [0.15, 0.2) is 54.6 Å². The van der Waals surface area contributed by atoms with Crippen LogP contribution < -0.4 is 5.32 Å². The molecule has 31 heavy (non-hydrogen) atoms. The zero-order valence-corrected chi connectivity index (χ0v) is 18.0. The summed E-state index contributed by atoms with van der Waals surface area (Å²) < 4.78 is 10.2. The second kappa shape index (κ2) is 10.8. The van der Waals surface area contributed by atoms with E-state index in [-0.39, 0.29) is 13.0 Å². The zero-order valence-electron chi connectivity index (χ0n) is 17.3. The Morgan fingerprint density at radius 1 is 1.10 bits per heavy atom. The molecule has 1 aliphatic heterocycles. The number of carbonyl (C=O) groups excluding carboxylic acids is 3. The molecule has 2 aromatic carbocycles. The van der Waals surface area contributed by atoms with Crippen molar-refractivity contribution in [2.45, 2.75) is 38.0 Å². The lowest BCUT2D eigenvalue weighted by Gasteiger charge is -2.25. The van der Waals surface area contributed by atoms with Gasteiger partial charge in [-0.3, -0.25) is 9.69 Å². The molecule has 0 aromatic heterocycles. The van der Waals surface area contributed by atoms with Gasteiger partial charge in [0.25, 0.3) is 0 Å². The van der Waals surface area contributed by atoms with Gasteiger partial charge in [0.2, 0.25) is 5.91 Å². The van der Waals surface area contributed by atoms with Gasteiger partial charge in [0, 0.05) is 18.0 Å². The third-order valence-electron chi connectivity index (χ3n) is 5.15. The van der Waals surface area contributed by atoms with E-state index in [2.05, 4.69) is 5.32 Å². The lowest BCUT2D eigenvalue weighted by Crippen LogP contribution is -2.51. The fraction of sp³-hybridized carbons (Fsp3) is 0.348. The maximum Gasteiger partial charge on any atom is 0.410 e. The number of hydrogen-bond donors (Lipinski definition) is 1. The summed E-state index contributed by atoms with van der Waals surface area (Å²) in [5, 5.41) is 3.32. The summed E-state index contributed by atoms with van der Waals surface area (Å²) in [6.07, 6.45) is 0.884. The Bertz CT molecular complexity index is 904. The summed E-state index contributed by atoms with van der Waals surface area (Å²) in [7, 11) is 1.27. The average molecular weight is 445 g/mol. The number of benzene rings is 2. The zero-order chi connectivity index (χ0) is 22.2. The van der Waals surface area contributed by atoms with Gasteiger partial charge in [-0.05, 0) is 36.1 Å². The summed E-state index contributed by atoms with van der Waals surface area (Å²) in [6, 6.07) is 14.8. The second-order valence-corrected chi connectivity index (χ2v) is 7.74. The maximum absolute atomic E-state index is 12.9. The summed E-state index contributed by atoms with van der Waals surface area (Å²) >= 11 is 5.91. The highest BCUT2D eigenvalue weighted by atomic mass is 35.5. The van der Waals surface area contributed by atoms with E-state index < -0.39 is 30.1 Å². The Morgan fingerprint density at radius 2 is 1.81 bits per heavy atom. The van der Waals surface area contributed by atoms with Crippen molar-refractivity contribution in [3.63, 3.8) is 0 Å². The smallest absolute Gasteiger partial charge is 0.410 e. The summed E-state index contributed by atoms with van der Waals surface area (Å²) in [5.74, 6) is -0.960. The Balaban J connectivity index is 1.62. The predicted octanol–water partition coefficient (Wildman–Crippen LogP) is 3.34. The van der Waals surface area contributed by atoms with Gasteiger partial charge in [0.05, 0.1) is 7.11 Å². The van der Waals surface area contributed by atoms with Crippen molar-refractivity contribution in [1.82, 2.24) is 10.2 Å². The minimum atomic E-state index is -0.874. The average Bonchev–Trinajstić information content (AvgIpc) is 3.29. The molecular weight excluding hydrogens is 420 g/mol. The van der Waals surface area contributed by atoms with Gasteiger partial charge in [-0.25, -0.2) is 9.59 Å². The van der Waals surface area contributed by atoms with Gasteiger partial charge in [0.1, 0.15) is 18.7 Å². The first kappa shape index (κ1) is 22.6. The molecular formula is C23H25ClN2O5. The molecule has 0 aliphatic carbocycles. The molecule has 1 fully saturated rings. The lowest BCUT2D eigenvalue weighted by atomic mass is 10.1. The number of carbonyl (C=O) groups is 3. The van der Waals surface area contributed by atoms with E-state index in [0.717, 1.165) is 11.1 Å². The van der Waals surface area contributed by atoms with Crippen LogP contribution in [0.2, 0.25) is 5.02 Å². The molecule has 2 atom stereocenters. The Morgan fingerprint density at radius 3 is 2.48 bits per heavy atom. The SMILES string of the molecule is COC(=O)[C@H](Cc1ccc(Cl)cc1)NC(=O)[C@H]1CCCN1C(=O)OCc1ccccc1. The second-order valence-electron chi connectivity index (χ2n) is 7.31. The number of esters is 1. The van der Waals surface area contributed by atoms with Crippen LogP contribution in [0.3, 0.4) is 0 Å². The third kappa shape index (κ3) is 6.21. The van der Waals surface area contributed by atoms with E-state index in [0.29, 0.717) is 24.4 Å². The molecule has 1 aliphatic rings. The van der Waals surface area contributed by atoms with Crippen LogP contribution in [0, 0.1) is 0 Å². The van der Waals surface area contributed by atoms with E-state index in [9.17, 15) is 14.4 Å². The fourth-order valence-electron chi connectivity index (χ4n) is 3.52. The van der Waals surface area contributed by atoms with Crippen LogP contribution in [0.4, 0.5) is 4.79 Å². The van der Waals surface area contributed by atoms with Crippen molar-refractivity contribution < 1.29 is 23.9 Å². The van der Waals surface area contributed by atoms with Crippen LogP contribution in [-0.4, -0.2) is 48.6 Å². The third-order valence-corrected chi connectivity index (χ3v) is 5.40. The first-order valence-electron chi connectivity index (χ1n) is 10.1. The molecule has 0 radical (unpaired) electrons. The molecule has 7 nitrogen and oxygen atoms in total. The minimum absolute atomic E-state index is 0.131. The van der Waals surface area contributed by atoms with Gasteiger partial charge in [0.15, 0.2) is 0 Å². The Labute approximate surface area is 186 Å². The highest BCUT2D eigenvalue weighted by Crippen LogP contribution is 2.20. The number of methoxy groups -OCH3 is 1. The summed E-state index contributed by atoms with van der Waals surface area (Å²) in [6.45, 7) is 0.553. The number of likely N-dealkylation sites (tertiary alicyclic amines) is 1. The molecule has 2 aromatic rings. The van der Waals surface area contributed by atoms with Gasteiger partial charge < -0.3 is 14.8 Å². The van der Waals surface area contributed by atoms with Crippen molar-refractivity contribution in [3.05, 3.63) is 70.7 Å².